The molecule has 0 radical (unpaired) electrons. The van der Waals surface area contributed by atoms with Gasteiger partial charge in [-0.1, -0.05) is 43.7 Å². The van der Waals surface area contributed by atoms with Crippen molar-refractivity contribution in [3.05, 3.63) is 52.3 Å². The van der Waals surface area contributed by atoms with Crippen LogP contribution in [0.25, 0.3) is 0 Å². The summed E-state index contributed by atoms with van der Waals surface area (Å²) in [6, 6.07) is 8.50. The van der Waals surface area contributed by atoms with Gasteiger partial charge in [-0.3, -0.25) is 9.67 Å². The zero-order valence-corrected chi connectivity index (χ0v) is 15.5. The smallest absolute Gasteiger partial charge is 0.191 e. The molecule has 130 valence electrons. The highest BCUT2D eigenvalue weighted by Gasteiger charge is 2.13. The van der Waals surface area contributed by atoms with E-state index in [9.17, 15) is 0 Å². The van der Waals surface area contributed by atoms with Gasteiger partial charge in [0.25, 0.3) is 0 Å². The Morgan fingerprint density at radius 2 is 1.92 bits per heavy atom. The SMILES string of the molecule is CCc1nn(C)c(CC)c1CNC(=NC)NCc1cccc(C)c1. The van der Waals surface area contributed by atoms with Crippen molar-refractivity contribution in [2.24, 2.45) is 12.0 Å². The van der Waals surface area contributed by atoms with E-state index >= 15 is 0 Å². The molecule has 0 atom stereocenters. The van der Waals surface area contributed by atoms with Crippen molar-refractivity contribution in [2.75, 3.05) is 7.05 Å². The monoisotopic (exact) mass is 327 g/mol. The molecule has 0 aliphatic rings. The fraction of sp³-hybridized carbons (Fsp3) is 0.474. The van der Waals surface area contributed by atoms with Crippen molar-refractivity contribution in [3.63, 3.8) is 0 Å². The van der Waals surface area contributed by atoms with Crippen molar-refractivity contribution < 1.29 is 0 Å². The van der Waals surface area contributed by atoms with E-state index in [4.69, 9.17) is 0 Å². The Bertz CT molecular complexity index is 700. The molecule has 0 bridgehead atoms. The lowest BCUT2D eigenvalue weighted by Crippen LogP contribution is -2.36. The van der Waals surface area contributed by atoms with E-state index < -0.39 is 0 Å². The summed E-state index contributed by atoms with van der Waals surface area (Å²) in [5.74, 6) is 0.810. The number of nitrogens with one attached hydrogen (secondary N) is 2. The first kappa shape index (κ1) is 18.0. The largest absolute Gasteiger partial charge is 0.352 e. The second-order valence-corrected chi connectivity index (χ2v) is 5.97. The van der Waals surface area contributed by atoms with Crippen LogP contribution in [0.15, 0.2) is 29.3 Å². The molecule has 0 fully saturated rings. The minimum atomic E-state index is 0.744. The Morgan fingerprint density at radius 1 is 1.17 bits per heavy atom. The highest BCUT2D eigenvalue weighted by molar-refractivity contribution is 5.79. The predicted molar refractivity (Wildman–Crippen MR) is 100 cm³/mol. The van der Waals surface area contributed by atoms with Crippen LogP contribution in [0.2, 0.25) is 0 Å². The molecule has 0 saturated carbocycles. The molecule has 24 heavy (non-hydrogen) atoms. The van der Waals surface area contributed by atoms with E-state index in [-0.39, 0.29) is 0 Å². The molecule has 0 aliphatic heterocycles. The quantitative estimate of drug-likeness (QED) is 0.633. The summed E-state index contributed by atoms with van der Waals surface area (Å²) in [7, 11) is 3.82. The van der Waals surface area contributed by atoms with E-state index in [2.05, 4.69) is 65.8 Å². The maximum atomic E-state index is 4.62. The van der Waals surface area contributed by atoms with Crippen molar-refractivity contribution >= 4 is 5.96 Å². The van der Waals surface area contributed by atoms with E-state index in [1.807, 2.05) is 11.7 Å². The lowest BCUT2D eigenvalue weighted by atomic mass is 10.1. The summed E-state index contributed by atoms with van der Waals surface area (Å²) < 4.78 is 2.00. The first-order chi connectivity index (χ1) is 11.6. The Balaban J connectivity index is 1.99. The third-order valence-electron chi connectivity index (χ3n) is 4.23. The molecule has 5 heteroatoms. The van der Waals surface area contributed by atoms with Crippen LogP contribution in [0, 0.1) is 6.92 Å². The topological polar surface area (TPSA) is 54.2 Å². The number of aryl methyl sites for hydroxylation is 3. The zero-order chi connectivity index (χ0) is 17.5. The zero-order valence-electron chi connectivity index (χ0n) is 15.5. The first-order valence-electron chi connectivity index (χ1n) is 8.62. The third-order valence-corrected chi connectivity index (χ3v) is 4.23. The molecular formula is C19H29N5. The summed E-state index contributed by atoms with van der Waals surface area (Å²) in [5, 5.41) is 11.4. The average molecular weight is 327 g/mol. The molecule has 1 heterocycles. The molecule has 2 N–H and O–H groups in total. The molecule has 2 aromatic rings. The average Bonchev–Trinajstić information content (AvgIpc) is 2.90. The van der Waals surface area contributed by atoms with Crippen LogP contribution in [-0.2, 0) is 33.0 Å². The molecule has 0 amide bonds. The van der Waals surface area contributed by atoms with E-state index in [0.29, 0.717) is 0 Å². The van der Waals surface area contributed by atoms with Crippen LogP contribution in [0.4, 0.5) is 0 Å². The maximum Gasteiger partial charge on any atom is 0.191 e. The molecule has 2 rings (SSSR count). The number of rotatable bonds is 6. The molecule has 0 aliphatic carbocycles. The lowest BCUT2D eigenvalue weighted by Gasteiger charge is -2.13. The Labute approximate surface area is 145 Å². The second-order valence-electron chi connectivity index (χ2n) is 5.97. The molecule has 1 aromatic heterocycles. The minimum Gasteiger partial charge on any atom is -0.352 e. The van der Waals surface area contributed by atoms with Gasteiger partial charge in [0, 0.05) is 38.4 Å². The van der Waals surface area contributed by atoms with Gasteiger partial charge in [-0.15, -0.1) is 0 Å². The standard InChI is InChI=1S/C19H29N5/c1-6-17-16(18(7-2)24(5)23-17)13-22-19(20-4)21-12-15-10-8-9-14(3)11-15/h8-11H,6-7,12-13H2,1-5H3,(H2,20,21,22). The Kier molecular flexibility index (Phi) is 6.41. The van der Waals surface area contributed by atoms with Crippen molar-refractivity contribution in [2.45, 2.75) is 46.7 Å². The van der Waals surface area contributed by atoms with Crippen LogP contribution < -0.4 is 10.6 Å². The van der Waals surface area contributed by atoms with Crippen LogP contribution >= 0.6 is 0 Å². The van der Waals surface area contributed by atoms with Crippen LogP contribution in [0.3, 0.4) is 0 Å². The Hall–Kier alpha value is -2.30. The molecule has 1 aromatic carbocycles. The Morgan fingerprint density at radius 3 is 2.54 bits per heavy atom. The highest BCUT2D eigenvalue weighted by Crippen LogP contribution is 2.15. The fourth-order valence-corrected chi connectivity index (χ4v) is 2.99. The third kappa shape index (κ3) is 4.37. The number of hydrogen-bond acceptors (Lipinski definition) is 2. The first-order valence-corrected chi connectivity index (χ1v) is 8.62. The van der Waals surface area contributed by atoms with Gasteiger partial charge in [-0.05, 0) is 25.3 Å². The number of nitrogens with zero attached hydrogens (tertiary/aromatic N) is 3. The molecule has 5 nitrogen and oxygen atoms in total. The summed E-state index contributed by atoms with van der Waals surface area (Å²) in [6.07, 6.45) is 1.93. The second kappa shape index (κ2) is 8.52. The maximum absolute atomic E-state index is 4.62. The number of aliphatic imine (C=N–C) groups is 1. The van der Waals surface area contributed by atoms with E-state index in [1.165, 1.54) is 22.4 Å². The molecule has 0 spiro atoms. The summed E-state index contributed by atoms with van der Waals surface area (Å²) in [6.45, 7) is 7.93. The number of guanidine groups is 1. The van der Waals surface area contributed by atoms with E-state index in [0.717, 1.165) is 37.6 Å². The fourth-order valence-electron chi connectivity index (χ4n) is 2.99. The van der Waals surface area contributed by atoms with Gasteiger partial charge >= 0.3 is 0 Å². The van der Waals surface area contributed by atoms with Gasteiger partial charge in [0.1, 0.15) is 0 Å². The van der Waals surface area contributed by atoms with Gasteiger partial charge < -0.3 is 10.6 Å². The lowest BCUT2D eigenvalue weighted by molar-refractivity contribution is 0.702. The van der Waals surface area contributed by atoms with Crippen molar-refractivity contribution in [3.8, 4) is 0 Å². The van der Waals surface area contributed by atoms with Gasteiger partial charge in [-0.2, -0.15) is 5.10 Å². The van der Waals surface area contributed by atoms with Gasteiger partial charge in [0.2, 0.25) is 0 Å². The van der Waals surface area contributed by atoms with Crippen LogP contribution in [0.5, 0.6) is 0 Å². The highest BCUT2D eigenvalue weighted by atomic mass is 15.3. The minimum absolute atomic E-state index is 0.744. The summed E-state index contributed by atoms with van der Waals surface area (Å²) >= 11 is 0. The molecular weight excluding hydrogens is 298 g/mol. The van der Waals surface area contributed by atoms with Gasteiger partial charge in [-0.25, -0.2) is 0 Å². The normalized spacial score (nSPS) is 11.6. The van der Waals surface area contributed by atoms with Crippen molar-refractivity contribution in [1.29, 1.82) is 0 Å². The number of hydrogen-bond donors (Lipinski definition) is 2. The molecule has 0 saturated heterocycles. The van der Waals surface area contributed by atoms with Crippen molar-refractivity contribution in [1.82, 2.24) is 20.4 Å². The number of benzene rings is 1. The summed E-state index contributed by atoms with van der Waals surface area (Å²) in [5.41, 5.74) is 6.26. The van der Waals surface area contributed by atoms with Crippen LogP contribution in [0.1, 0.15) is 41.9 Å². The molecule has 0 unspecified atom stereocenters. The van der Waals surface area contributed by atoms with E-state index in [1.54, 1.807) is 7.05 Å². The summed E-state index contributed by atoms with van der Waals surface area (Å²) in [4.78, 5) is 4.33. The van der Waals surface area contributed by atoms with Gasteiger partial charge in [0.05, 0.1) is 5.69 Å². The van der Waals surface area contributed by atoms with Crippen LogP contribution in [-0.4, -0.2) is 22.8 Å². The number of aromatic nitrogens is 2. The van der Waals surface area contributed by atoms with Gasteiger partial charge in [0.15, 0.2) is 5.96 Å². The predicted octanol–water partition coefficient (Wildman–Crippen LogP) is 2.72.